The summed E-state index contributed by atoms with van der Waals surface area (Å²) in [5.41, 5.74) is 1.68. The Morgan fingerprint density at radius 3 is 2.74 bits per heavy atom. The summed E-state index contributed by atoms with van der Waals surface area (Å²) >= 11 is 0. The number of benzene rings is 1. The Hall–Kier alpha value is -1.40. The van der Waals surface area contributed by atoms with E-state index in [1.807, 2.05) is 6.92 Å². The predicted octanol–water partition coefficient (Wildman–Crippen LogP) is 1.86. The third-order valence-electron chi connectivity index (χ3n) is 3.27. The summed E-state index contributed by atoms with van der Waals surface area (Å²) in [7, 11) is -2.21. The Morgan fingerprint density at radius 2 is 2.16 bits per heavy atom. The van der Waals surface area contributed by atoms with Gasteiger partial charge in [-0.05, 0) is 30.5 Å². The molecule has 1 aliphatic rings. The molecule has 0 aliphatic carbocycles. The maximum Gasteiger partial charge on any atom is 0.338 e. The standard InChI is InChI=1S/C13H16O5S/c1-4-9-5-10-8(2)18-7-19(15,16)12(10)6-11(9)13(14)17-3/h5-6,8H,4,7H2,1-3H3. The van der Waals surface area contributed by atoms with Gasteiger partial charge in [-0.3, -0.25) is 0 Å². The van der Waals surface area contributed by atoms with Crippen molar-refractivity contribution in [2.24, 2.45) is 0 Å². The molecule has 0 spiro atoms. The minimum absolute atomic E-state index is 0.170. The molecule has 0 bridgehead atoms. The number of carbonyl (C=O) groups excluding carboxylic acids is 1. The first-order valence-corrected chi connectivity index (χ1v) is 7.65. The van der Waals surface area contributed by atoms with E-state index in [1.165, 1.54) is 13.2 Å². The minimum Gasteiger partial charge on any atom is -0.465 e. The van der Waals surface area contributed by atoms with Crippen molar-refractivity contribution in [3.63, 3.8) is 0 Å². The van der Waals surface area contributed by atoms with Gasteiger partial charge in [0.2, 0.25) is 9.84 Å². The van der Waals surface area contributed by atoms with Gasteiger partial charge in [-0.1, -0.05) is 13.0 Å². The Bertz CT molecular complexity index is 618. The number of hydrogen-bond acceptors (Lipinski definition) is 5. The fraction of sp³-hybridized carbons (Fsp3) is 0.462. The highest BCUT2D eigenvalue weighted by atomic mass is 32.2. The molecule has 1 aliphatic heterocycles. The highest BCUT2D eigenvalue weighted by Crippen LogP contribution is 2.34. The second-order valence-electron chi connectivity index (χ2n) is 4.43. The number of methoxy groups -OCH3 is 1. The monoisotopic (exact) mass is 284 g/mol. The molecule has 0 saturated carbocycles. The third-order valence-corrected chi connectivity index (χ3v) is 4.74. The second kappa shape index (κ2) is 4.94. The van der Waals surface area contributed by atoms with Crippen molar-refractivity contribution in [2.45, 2.75) is 31.3 Å². The summed E-state index contributed by atoms with van der Waals surface area (Å²) in [6.07, 6.45) is 0.320. The Balaban J connectivity index is 2.71. The van der Waals surface area contributed by atoms with Gasteiger partial charge in [0.15, 0.2) is 5.94 Å². The van der Waals surface area contributed by atoms with Gasteiger partial charge in [0.25, 0.3) is 0 Å². The molecule has 19 heavy (non-hydrogen) atoms. The van der Waals surface area contributed by atoms with Crippen molar-refractivity contribution in [3.8, 4) is 0 Å². The van der Waals surface area contributed by atoms with E-state index in [1.54, 1.807) is 13.0 Å². The zero-order chi connectivity index (χ0) is 14.2. The molecule has 0 fully saturated rings. The fourth-order valence-electron chi connectivity index (χ4n) is 2.17. The number of sulfone groups is 1. The van der Waals surface area contributed by atoms with Gasteiger partial charge in [-0.2, -0.15) is 0 Å². The molecule has 1 atom stereocenters. The molecule has 2 rings (SSSR count). The first-order chi connectivity index (χ1) is 8.90. The van der Waals surface area contributed by atoms with Crippen molar-refractivity contribution in [1.82, 2.24) is 0 Å². The van der Waals surface area contributed by atoms with Crippen molar-refractivity contribution in [2.75, 3.05) is 13.0 Å². The van der Waals surface area contributed by atoms with E-state index in [4.69, 9.17) is 9.47 Å². The Kier molecular flexibility index (Phi) is 3.64. The zero-order valence-electron chi connectivity index (χ0n) is 11.1. The molecular weight excluding hydrogens is 268 g/mol. The molecule has 6 heteroatoms. The molecule has 0 amide bonds. The van der Waals surface area contributed by atoms with E-state index in [-0.39, 0.29) is 16.9 Å². The van der Waals surface area contributed by atoms with Crippen LogP contribution in [0.4, 0.5) is 0 Å². The summed E-state index contributed by atoms with van der Waals surface area (Å²) in [5.74, 6) is -0.873. The van der Waals surface area contributed by atoms with Crippen LogP contribution in [0.15, 0.2) is 17.0 Å². The van der Waals surface area contributed by atoms with Gasteiger partial charge >= 0.3 is 5.97 Å². The van der Waals surface area contributed by atoms with Crippen LogP contribution in [0.5, 0.6) is 0 Å². The second-order valence-corrected chi connectivity index (χ2v) is 6.34. The normalized spacial score (nSPS) is 20.7. The van der Waals surface area contributed by atoms with Crippen molar-refractivity contribution >= 4 is 15.8 Å². The van der Waals surface area contributed by atoms with Gasteiger partial charge in [-0.15, -0.1) is 0 Å². The summed E-state index contributed by atoms with van der Waals surface area (Å²) < 4.78 is 33.9. The number of aryl methyl sites for hydroxylation is 1. The number of fused-ring (bicyclic) bond motifs is 1. The van der Waals surface area contributed by atoms with Crippen LogP contribution in [0.25, 0.3) is 0 Å². The van der Waals surface area contributed by atoms with Crippen LogP contribution in [-0.4, -0.2) is 27.4 Å². The molecule has 1 heterocycles. The summed E-state index contributed by atoms with van der Waals surface area (Å²) in [6.45, 7) is 3.70. The highest BCUT2D eigenvalue weighted by molar-refractivity contribution is 7.91. The van der Waals surface area contributed by atoms with Gasteiger partial charge in [0.05, 0.1) is 23.7 Å². The average Bonchev–Trinajstić information content (AvgIpc) is 2.41. The molecule has 1 aromatic rings. The smallest absolute Gasteiger partial charge is 0.338 e. The number of carbonyl (C=O) groups is 1. The first-order valence-electron chi connectivity index (χ1n) is 6.00. The maximum absolute atomic E-state index is 12.0. The zero-order valence-corrected chi connectivity index (χ0v) is 11.9. The van der Waals surface area contributed by atoms with Crippen molar-refractivity contribution in [3.05, 3.63) is 28.8 Å². The lowest BCUT2D eigenvalue weighted by Crippen LogP contribution is -2.22. The summed E-state index contributed by atoms with van der Waals surface area (Å²) in [4.78, 5) is 11.9. The van der Waals surface area contributed by atoms with Crippen LogP contribution in [0, 0.1) is 0 Å². The topological polar surface area (TPSA) is 69.7 Å². The van der Waals surface area contributed by atoms with Crippen molar-refractivity contribution < 1.29 is 22.7 Å². The molecule has 1 aromatic carbocycles. The van der Waals surface area contributed by atoms with E-state index in [9.17, 15) is 13.2 Å². The van der Waals surface area contributed by atoms with Gasteiger partial charge < -0.3 is 9.47 Å². The summed E-state index contributed by atoms with van der Waals surface area (Å²) in [6, 6.07) is 3.14. The SMILES string of the molecule is CCc1cc2c(cc1C(=O)OC)S(=O)(=O)COC2C. The van der Waals surface area contributed by atoms with E-state index >= 15 is 0 Å². The predicted molar refractivity (Wildman–Crippen MR) is 68.7 cm³/mol. The van der Waals surface area contributed by atoms with E-state index < -0.39 is 15.8 Å². The van der Waals surface area contributed by atoms with E-state index in [0.717, 1.165) is 5.56 Å². The van der Waals surface area contributed by atoms with E-state index in [2.05, 4.69) is 0 Å². The summed E-state index contributed by atoms with van der Waals surface area (Å²) in [5, 5.41) is 0. The molecule has 0 N–H and O–H groups in total. The number of rotatable bonds is 2. The first kappa shape index (κ1) is 14.0. The van der Waals surface area contributed by atoms with Gasteiger partial charge in [0.1, 0.15) is 0 Å². The molecule has 5 nitrogen and oxygen atoms in total. The largest absolute Gasteiger partial charge is 0.465 e. The lowest BCUT2D eigenvalue weighted by Gasteiger charge is -2.24. The molecule has 0 radical (unpaired) electrons. The van der Waals surface area contributed by atoms with Crippen LogP contribution in [-0.2, 0) is 25.7 Å². The number of hydrogen-bond donors (Lipinski definition) is 0. The number of ether oxygens (including phenoxy) is 2. The Morgan fingerprint density at radius 1 is 1.47 bits per heavy atom. The lowest BCUT2D eigenvalue weighted by molar-refractivity contribution is 0.0598. The van der Waals surface area contributed by atoms with Crippen LogP contribution in [0.2, 0.25) is 0 Å². The van der Waals surface area contributed by atoms with Gasteiger partial charge in [-0.25, -0.2) is 13.2 Å². The molecule has 0 aromatic heterocycles. The maximum atomic E-state index is 12.0. The minimum atomic E-state index is -3.49. The molecular formula is C13H16O5S. The molecule has 0 saturated heterocycles. The van der Waals surface area contributed by atoms with Crippen LogP contribution < -0.4 is 0 Å². The average molecular weight is 284 g/mol. The molecule has 1 unspecified atom stereocenters. The number of esters is 1. The Labute approximate surface area is 112 Å². The van der Waals surface area contributed by atoms with Gasteiger partial charge in [0, 0.05) is 0 Å². The lowest BCUT2D eigenvalue weighted by atomic mass is 9.99. The van der Waals surface area contributed by atoms with Crippen LogP contribution in [0.3, 0.4) is 0 Å². The molecule has 104 valence electrons. The van der Waals surface area contributed by atoms with Crippen molar-refractivity contribution in [1.29, 1.82) is 0 Å². The third kappa shape index (κ3) is 2.37. The van der Waals surface area contributed by atoms with Crippen LogP contribution in [0.1, 0.15) is 41.4 Å². The highest BCUT2D eigenvalue weighted by Gasteiger charge is 2.31. The van der Waals surface area contributed by atoms with E-state index in [0.29, 0.717) is 17.5 Å². The quantitative estimate of drug-likeness (QED) is 0.775. The van der Waals surface area contributed by atoms with Crippen LogP contribution >= 0.6 is 0 Å². The fourth-order valence-corrected chi connectivity index (χ4v) is 3.56.